The molecular formula is C16H19NO5. The van der Waals surface area contributed by atoms with E-state index in [0.717, 1.165) is 5.56 Å². The van der Waals surface area contributed by atoms with Crippen LogP contribution in [0.4, 0.5) is 0 Å². The van der Waals surface area contributed by atoms with Crippen molar-refractivity contribution >= 4 is 18.0 Å². The van der Waals surface area contributed by atoms with Gasteiger partial charge >= 0.3 is 5.97 Å². The van der Waals surface area contributed by atoms with Gasteiger partial charge in [-0.15, -0.1) is 0 Å². The van der Waals surface area contributed by atoms with E-state index in [-0.39, 0.29) is 16.7 Å². The topological polar surface area (TPSA) is 86.7 Å². The first kappa shape index (κ1) is 16.0. The monoisotopic (exact) mass is 305 g/mol. The van der Waals surface area contributed by atoms with E-state index in [0.29, 0.717) is 6.54 Å². The zero-order chi connectivity index (χ0) is 16.3. The highest BCUT2D eigenvalue weighted by atomic mass is 16.5. The average Bonchev–Trinajstić information content (AvgIpc) is 2.73. The number of aromatic hydroxyl groups is 1. The Morgan fingerprint density at radius 3 is 2.50 bits per heavy atom. The van der Waals surface area contributed by atoms with Crippen LogP contribution in [0.5, 0.6) is 5.75 Å². The number of rotatable bonds is 4. The lowest BCUT2D eigenvalue weighted by atomic mass is 10.2. The second-order valence-electron chi connectivity index (χ2n) is 6.02. The van der Waals surface area contributed by atoms with Crippen molar-refractivity contribution in [2.45, 2.75) is 18.6 Å². The molecule has 0 radical (unpaired) electrons. The van der Waals surface area contributed by atoms with Crippen LogP contribution >= 0.6 is 0 Å². The van der Waals surface area contributed by atoms with Crippen molar-refractivity contribution in [2.24, 2.45) is 0 Å². The fourth-order valence-corrected chi connectivity index (χ4v) is 2.68. The Hall–Kier alpha value is -2.34. The number of ether oxygens (including phenoxy) is 1. The summed E-state index contributed by atoms with van der Waals surface area (Å²) in [6, 6.07) is 5.71. The number of carbonyl (C=O) groups excluding carboxylic acids is 2. The van der Waals surface area contributed by atoms with Crippen molar-refractivity contribution in [3.63, 3.8) is 0 Å². The van der Waals surface area contributed by atoms with Crippen molar-refractivity contribution in [1.82, 2.24) is 0 Å². The third-order valence-corrected chi connectivity index (χ3v) is 3.86. The molecule has 1 fully saturated rings. The summed E-state index contributed by atoms with van der Waals surface area (Å²) in [6.45, 7) is 0.442. The maximum atomic E-state index is 11.8. The Kier molecular flexibility index (Phi) is 4.51. The fourth-order valence-electron chi connectivity index (χ4n) is 2.68. The SMILES string of the molecule is C[N+]1(C)CC(OC(=O)C=Cc2ccc(O)cc2)CC1C(=O)[O-]. The first-order chi connectivity index (χ1) is 10.3. The molecule has 2 atom stereocenters. The zero-order valence-electron chi connectivity index (χ0n) is 12.6. The van der Waals surface area contributed by atoms with Crippen LogP contribution in [0.3, 0.4) is 0 Å². The number of likely N-dealkylation sites (N-methyl/N-ethyl adjacent to an activating group) is 1. The van der Waals surface area contributed by atoms with Gasteiger partial charge in [-0.3, -0.25) is 0 Å². The highest BCUT2D eigenvalue weighted by Gasteiger charge is 2.43. The smallest absolute Gasteiger partial charge is 0.331 e. The summed E-state index contributed by atoms with van der Waals surface area (Å²) in [5.74, 6) is -1.49. The van der Waals surface area contributed by atoms with Gasteiger partial charge in [-0.25, -0.2) is 4.79 Å². The molecule has 118 valence electrons. The molecule has 2 unspecified atom stereocenters. The van der Waals surface area contributed by atoms with Crippen molar-refractivity contribution in [3.05, 3.63) is 35.9 Å². The maximum absolute atomic E-state index is 11.8. The van der Waals surface area contributed by atoms with E-state index in [1.54, 1.807) is 32.3 Å². The molecule has 2 rings (SSSR count). The average molecular weight is 305 g/mol. The molecule has 0 amide bonds. The van der Waals surface area contributed by atoms with E-state index >= 15 is 0 Å². The van der Waals surface area contributed by atoms with Crippen LogP contribution < -0.4 is 5.11 Å². The normalized spacial score (nSPS) is 23.5. The number of hydrogen-bond acceptors (Lipinski definition) is 5. The Balaban J connectivity index is 1.93. The molecule has 1 saturated heterocycles. The number of carboxylic acid groups (broad SMARTS) is 1. The summed E-state index contributed by atoms with van der Waals surface area (Å²) < 4.78 is 5.53. The second kappa shape index (κ2) is 6.19. The minimum atomic E-state index is -1.12. The Bertz CT molecular complexity index is 591. The Morgan fingerprint density at radius 2 is 1.95 bits per heavy atom. The lowest BCUT2D eigenvalue weighted by Gasteiger charge is -2.31. The molecule has 0 aliphatic carbocycles. The van der Waals surface area contributed by atoms with Crippen molar-refractivity contribution in [2.75, 3.05) is 20.6 Å². The van der Waals surface area contributed by atoms with Gasteiger partial charge in [0.1, 0.15) is 18.3 Å². The molecule has 1 aliphatic heterocycles. The molecule has 22 heavy (non-hydrogen) atoms. The second-order valence-corrected chi connectivity index (χ2v) is 6.02. The Labute approximate surface area is 128 Å². The number of likely N-dealkylation sites (tertiary alicyclic amines) is 1. The molecule has 0 bridgehead atoms. The first-order valence-electron chi connectivity index (χ1n) is 6.99. The number of hydrogen-bond donors (Lipinski definition) is 1. The predicted molar refractivity (Wildman–Crippen MR) is 77.4 cm³/mol. The number of aliphatic carboxylic acids is 1. The van der Waals surface area contributed by atoms with Gasteiger partial charge in [0, 0.05) is 12.5 Å². The van der Waals surface area contributed by atoms with Crippen LogP contribution in [-0.2, 0) is 14.3 Å². The number of phenols is 1. The number of benzene rings is 1. The van der Waals surface area contributed by atoms with E-state index in [2.05, 4.69) is 0 Å². The van der Waals surface area contributed by atoms with Crippen LogP contribution in [0, 0.1) is 0 Å². The molecular weight excluding hydrogens is 286 g/mol. The lowest BCUT2D eigenvalue weighted by Crippen LogP contribution is -2.53. The van der Waals surface area contributed by atoms with Gasteiger partial charge in [-0.2, -0.15) is 0 Å². The number of quaternary nitrogens is 1. The summed E-state index contributed by atoms with van der Waals surface area (Å²) in [7, 11) is 3.56. The fraction of sp³-hybridized carbons (Fsp3) is 0.375. The van der Waals surface area contributed by atoms with Gasteiger partial charge in [0.25, 0.3) is 0 Å². The molecule has 1 aromatic carbocycles. The van der Waals surface area contributed by atoms with Crippen LogP contribution in [-0.4, -0.2) is 54.3 Å². The van der Waals surface area contributed by atoms with Gasteiger partial charge in [0.2, 0.25) is 0 Å². The molecule has 1 heterocycles. The lowest BCUT2D eigenvalue weighted by molar-refractivity contribution is -0.896. The number of carboxylic acids is 1. The summed E-state index contributed by atoms with van der Waals surface area (Å²) in [6.07, 6.45) is 2.69. The summed E-state index contributed by atoms with van der Waals surface area (Å²) in [5, 5.41) is 20.3. The highest BCUT2D eigenvalue weighted by Crippen LogP contribution is 2.24. The minimum Gasteiger partial charge on any atom is -0.544 e. The number of carbonyl (C=O) groups is 2. The quantitative estimate of drug-likeness (QED) is 0.477. The van der Waals surface area contributed by atoms with Crippen LogP contribution in [0.25, 0.3) is 6.08 Å². The van der Waals surface area contributed by atoms with Gasteiger partial charge in [-0.05, 0) is 23.8 Å². The number of nitrogens with zero attached hydrogens (tertiary/aromatic N) is 1. The highest BCUT2D eigenvalue weighted by molar-refractivity contribution is 5.87. The van der Waals surface area contributed by atoms with Gasteiger partial charge < -0.3 is 24.2 Å². The van der Waals surface area contributed by atoms with E-state index < -0.39 is 24.1 Å². The molecule has 6 nitrogen and oxygen atoms in total. The van der Waals surface area contributed by atoms with Gasteiger partial charge in [0.15, 0.2) is 6.10 Å². The third-order valence-electron chi connectivity index (χ3n) is 3.86. The third kappa shape index (κ3) is 3.85. The Morgan fingerprint density at radius 1 is 1.32 bits per heavy atom. The summed E-state index contributed by atoms with van der Waals surface area (Å²) >= 11 is 0. The summed E-state index contributed by atoms with van der Waals surface area (Å²) in [4.78, 5) is 22.9. The van der Waals surface area contributed by atoms with Crippen LogP contribution in [0.1, 0.15) is 12.0 Å². The van der Waals surface area contributed by atoms with Crippen molar-refractivity contribution in [1.29, 1.82) is 0 Å². The molecule has 0 aromatic heterocycles. The number of phenolic OH excluding ortho intramolecular Hbond substituents is 1. The van der Waals surface area contributed by atoms with Gasteiger partial charge in [-0.1, -0.05) is 12.1 Å². The van der Waals surface area contributed by atoms with E-state index in [1.165, 1.54) is 18.2 Å². The molecule has 0 spiro atoms. The molecule has 1 N–H and O–H groups in total. The number of esters is 1. The van der Waals surface area contributed by atoms with E-state index in [1.807, 2.05) is 0 Å². The van der Waals surface area contributed by atoms with Crippen LogP contribution in [0.15, 0.2) is 30.3 Å². The standard InChI is InChI=1S/C16H19NO5/c1-17(2)10-13(9-14(17)16(20)21)22-15(19)8-5-11-3-6-12(18)7-4-11/h3-8,13-14H,9-10H2,1-2H3,(H-,18,19,20,21). The predicted octanol–water partition coefficient (Wildman–Crippen LogP) is -0.0842. The largest absolute Gasteiger partial charge is 0.544 e. The van der Waals surface area contributed by atoms with Gasteiger partial charge in [0.05, 0.1) is 20.1 Å². The molecule has 0 saturated carbocycles. The summed E-state index contributed by atoms with van der Waals surface area (Å²) in [5.41, 5.74) is 0.755. The first-order valence-corrected chi connectivity index (χ1v) is 6.99. The molecule has 1 aromatic rings. The van der Waals surface area contributed by atoms with Crippen molar-refractivity contribution < 1.29 is 29.0 Å². The zero-order valence-corrected chi connectivity index (χ0v) is 12.6. The van der Waals surface area contributed by atoms with Crippen LogP contribution in [0.2, 0.25) is 0 Å². The molecule has 6 heteroatoms. The maximum Gasteiger partial charge on any atom is 0.331 e. The van der Waals surface area contributed by atoms with E-state index in [4.69, 9.17) is 4.74 Å². The van der Waals surface area contributed by atoms with E-state index in [9.17, 15) is 19.8 Å². The van der Waals surface area contributed by atoms with Crippen molar-refractivity contribution in [3.8, 4) is 5.75 Å². The minimum absolute atomic E-state index is 0.152. The molecule has 1 aliphatic rings.